The van der Waals surface area contributed by atoms with E-state index in [0.29, 0.717) is 28.3 Å². The minimum Gasteiger partial charge on any atom is -0.455 e. The van der Waals surface area contributed by atoms with Gasteiger partial charge in [0.15, 0.2) is 0 Å². The van der Waals surface area contributed by atoms with Crippen molar-refractivity contribution in [3.05, 3.63) is 90.5 Å². The molecule has 3 aromatic carbocycles. The van der Waals surface area contributed by atoms with Crippen LogP contribution in [0.4, 0.5) is 18.9 Å². The fourth-order valence-corrected chi connectivity index (χ4v) is 2.49. The van der Waals surface area contributed by atoms with E-state index in [1.807, 2.05) is 18.2 Å². The van der Waals surface area contributed by atoms with Gasteiger partial charge in [0.25, 0.3) is 0 Å². The fraction of sp³-hybridized carbons (Fsp3) is 0.0476. The molecule has 3 aromatic rings. The standard InChI is InChI=1S/C21H16F3NO/c1-14(26-20-8-3-2-7-19(20)25)16-5-4-6-17(13-16)15-9-11-18(12-10-15)21(22,23)24/h2-13H,1,25H2. The van der Waals surface area contributed by atoms with Crippen LogP contribution in [0.2, 0.25) is 0 Å². The molecule has 0 amide bonds. The molecule has 0 aromatic heterocycles. The van der Waals surface area contributed by atoms with E-state index >= 15 is 0 Å². The highest BCUT2D eigenvalue weighted by Crippen LogP contribution is 2.32. The smallest absolute Gasteiger partial charge is 0.416 e. The molecule has 2 N–H and O–H groups in total. The van der Waals surface area contributed by atoms with E-state index in [9.17, 15) is 13.2 Å². The molecule has 0 atom stereocenters. The number of benzene rings is 3. The molecule has 0 bridgehead atoms. The molecule has 0 aliphatic carbocycles. The highest BCUT2D eigenvalue weighted by atomic mass is 19.4. The van der Waals surface area contributed by atoms with Crippen molar-refractivity contribution in [1.29, 1.82) is 0 Å². The van der Waals surface area contributed by atoms with Crippen molar-refractivity contribution in [2.45, 2.75) is 6.18 Å². The van der Waals surface area contributed by atoms with Crippen LogP contribution in [0.5, 0.6) is 5.75 Å². The molecule has 0 unspecified atom stereocenters. The van der Waals surface area contributed by atoms with Crippen LogP contribution in [0.25, 0.3) is 16.9 Å². The lowest BCUT2D eigenvalue weighted by Crippen LogP contribution is -2.04. The minimum absolute atomic E-state index is 0.400. The van der Waals surface area contributed by atoms with Gasteiger partial charge >= 0.3 is 6.18 Å². The molecule has 2 nitrogen and oxygen atoms in total. The average molecular weight is 355 g/mol. The monoisotopic (exact) mass is 355 g/mol. The summed E-state index contributed by atoms with van der Waals surface area (Å²) in [6.45, 7) is 3.92. The number of rotatable bonds is 4. The molecule has 0 radical (unpaired) electrons. The lowest BCUT2D eigenvalue weighted by atomic mass is 10.0. The molecule has 0 spiro atoms. The van der Waals surface area contributed by atoms with Gasteiger partial charge in [0.05, 0.1) is 11.3 Å². The second-order valence-electron chi connectivity index (χ2n) is 5.72. The Morgan fingerprint density at radius 2 is 1.54 bits per heavy atom. The van der Waals surface area contributed by atoms with Crippen molar-refractivity contribution < 1.29 is 17.9 Å². The normalized spacial score (nSPS) is 11.2. The molecule has 26 heavy (non-hydrogen) atoms. The summed E-state index contributed by atoms with van der Waals surface area (Å²) in [7, 11) is 0. The van der Waals surface area contributed by atoms with Crippen molar-refractivity contribution in [2.24, 2.45) is 0 Å². The number of hydrogen-bond donors (Lipinski definition) is 1. The summed E-state index contributed by atoms with van der Waals surface area (Å²) in [5.74, 6) is 0.897. The zero-order chi connectivity index (χ0) is 18.7. The molecule has 0 fully saturated rings. The number of nitrogens with two attached hydrogens (primary N) is 1. The van der Waals surface area contributed by atoms with Crippen LogP contribution >= 0.6 is 0 Å². The highest BCUT2D eigenvalue weighted by molar-refractivity contribution is 5.71. The number of nitrogen functional groups attached to an aromatic ring is 1. The average Bonchev–Trinajstić information content (AvgIpc) is 2.63. The van der Waals surface area contributed by atoms with Gasteiger partial charge in [-0.15, -0.1) is 0 Å². The molecule has 0 saturated heterocycles. The van der Waals surface area contributed by atoms with E-state index in [1.54, 1.807) is 30.3 Å². The molecular formula is C21H16F3NO. The second-order valence-corrected chi connectivity index (χ2v) is 5.72. The summed E-state index contributed by atoms with van der Waals surface area (Å²) < 4.78 is 43.8. The zero-order valence-corrected chi connectivity index (χ0v) is 13.8. The maximum absolute atomic E-state index is 12.7. The number of hydrogen-bond acceptors (Lipinski definition) is 2. The van der Waals surface area contributed by atoms with Gasteiger partial charge in [0, 0.05) is 5.56 Å². The third-order valence-electron chi connectivity index (χ3n) is 3.88. The first-order valence-corrected chi connectivity index (χ1v) is 7.84. The number of alkyl halides is 3. The van der Waals surface area contributed by atoms with E-state index in [-0.39, 0.29) is 0 Å². The van der Waals surface area contributed by atoms with Gasteiger partial charge in [-0.05, 0) is 41.5 Å². The Hall–Kier alpha value is -3.21. The Morgan fingerprint density at radius 3 is 2.19 bits per heavy atom. The predicted octanol–water partition coefficient (Wildman–Crippen LogP) is 6.00. The maximum Gasteiger partial charge on any atom is 0.416 e. The van der Waals surface area contributed by atoms with Crippen molar-refractivity contribution in [3.63, 3.8) is 0 Å². The quantitative estimate of drug-likeness (QED) is 0.460. The van der Waals surface area contributed by atoms with Crippen molar-refractivity contribution >= 4 is 11.4 Å². The zero-order valence-electron chi connectivity index (χ0n) is 13.8. The molecule has 0 aliphatic heterocycles. The lowest BCUT2D eigenvalue weighted by Gasteiger charge is -2.12. The van der Waals surface area contributed by atoms with Crippen molar-refractivity contribution in [3.8, 4) is 16.9 Å². The van der Waals surface area contributed by atoms with E-state index in [1.165, 1.54) is 12.1 Å². The molecule has 3 rings (SSSR count). The Labute approximate surface area is 149 Å². The molecule has 0 heterocycles. The largest absolute Gasteiger partial charge is 0.455 e. The van der Waals surface area contributed by atoms with Crippen LogP contribution in [-0.2, 0) is 6.18 Å². The Bertz CT molecular complexity index is 930. The molecule has 132 valence electrons. The summed E-state index contributed by atoms with van der Waals surface area (Å²) in [5, 5.41) is 0. The number of halogens is 3. The topological polar surface area (TPSA) is 35.2 Å². The number of ether oxygens (including phenoxy) is 1. The first-order valence-electron chi connectivity index (χ1n) is 7.84. The Kier molecular flexibility index (Phi) is 4.71. The predicted molar refractivity (Wildman–Crippen MR) is 97.4 cm³/mol. The molecular weight excluding hydrogens is 339 g/mol. The summed E-state index contributed by atoms with van der Waals surface area (Å²) in [6.07, 6.45) is -4.35. The van der Waals surface area contributed by atoms with Crippen LogP contribution < -0.4 is 10.5 Å². The lowest BCUT2D eigenvalue weighted by molar-refractivity contribution is -0.137. The van der Waals surface area contributed by atoms with E-state index in [0.717, 1.165) is 17.7 Å². The molecule has 0 saturated carbocycles. The number of anilines is 1. The van der Waals surface area contributed by atoms with Crippen molar-refractivity contribution in [2.75, 3.05) is 5.73 Å². The Morgan fingerprint density at radius 1 is 0.846 bits per heavy atom. The van der Waals surface area contributed by atoms with Crippen LogP contribution in [-0.4, -0.2) is 0 Å². The van der Waals surface area contributed by atoms with Crippen LogP contribution in [0.15, 0.2) is 79.4 Å². The van der Waals surface area contributed by atoms with Crippen LogP contribution in [0.1, 0.15) is 11.1 Å². The summed E-state index contributed by atoms with van der Waals surface area (Å²) in [6, 6.07) is 19.3. The molecule has 0 aliphatic rings. The number of para-hydroxylation sites is 2. The van der Waals surface area contributed by atoms with E-state index < -0.39 is 11.7 Å². The maximum atomic E-state index is 12.7. The van der Waals surface area contributed by atoms with Gasteiger partial charge in [-0.2, -0.15) is 13.2 Å². The van der Waals surface area contributed by atoms with E-state index in [4.69, 9.17) is 10.5 Å². The highest BCUT2D eigenvalue weighted by Gasteiger charge is 2.29. The second kappa shape index (κ2) is 6.96. The van der Waals surface area contributed by atoms with Gasteiger partial charge < -0.3 is 10.5 Å². The van der Waals surface area contributed by atoms with E-state index in [2.05, 4.69) is 6.58 Å². The van der Waals surface area contributed by atoms with Crippen LogP contribution in [0, 0.1) is 0 Å². The summed E-state index contributed by atoms with van der Waals surface area (Å²) >= 11 is 0. The Balaban J connectivity index is 1.84. The van der Waals surface area contributed by atoms with Gasteiger partial charge in [0.1, 0.15) is 11.5 Å². The summed E-state index contributed by atoms with van der Waals surface area (Å²) in [5.41, 5.74) is 7.83. The van der Waals surface area contributed by atoms with Crippen LogP contribution in [0.3, 0.4) is 0 Å². The summed E-state index contributed by atoms with van der Waals surface area (Å²) in [4.78, 5) is 0. The van der Waals surface area contributed by atoms with Gasteiger partial charge in [-0.1, -0.05) is 49.0 Å². The molecule has 5 heteroatoms. The first kappa shape index (κ1) is 17.6. The van der Waals surface area contributed by atoms with Gasteiger partial charge in [0.2, 0.25) is 0 Å². The SMILES string of the molecule is C=C(Oc1ccccc1N)c1cccc(-c2ccc(C(F)(F)F)cc2)c1. The third-order valence-corrected chi connectivity index (χ3v) is 3.88. The van der Waals surface area contributed by atoms with Crippen molar-refractivity contribution in [1.82, 2.24) is 0 Å². The third kappa shape index (κ3) is 3.88. The fourth-order valence-electron chi connectivity index (χ4n) is 2.49. The minimum atomic E-state index is -4.35. The van der Waals surface area contributed by atoms with Gasteiger partial charge in [-0.25, -0.2) is 0 Å². The van der Waals surface area contributed by atoms with Gasteiger partial charge in [-0.3, -0.25) is 0 Å². The first-order chi connectivity index (χ1) is 12.3.